The van der Waals surface area contributed by atoms with Crippen LogP contribution in [-0.2, 0) is 11.3 Å². The van der Waals surface area contributed by atoms with E-state index in [0.717, 1.165) is 11.1 Å². The van der Waals surface area contributed by atoms with E-state index in [9.17, 15) is 4.79 Å². The molecule has 0 fully saturated rings. The van der Waals surface area contributed by atoms with E-state index in [2.05, 4.69) is 0 Å². The molecule has 3 nitrogen and oxygen atoms in total. The molecular weight excluding hydrogens is 204 g/mol. The Hall–Kier alpha value is -1.48. The molecular formula is C10H7ClO3. The molecule has 4 heteroatoms. The molecule has 1 aromatic rings. The third kappa shape index (κ3) is 1.59. The lowest BCUT2D eigenvalue weighted by atomic mass is 10.0. The fraction of sp³-hybridized carbons (Fsp3) is 0.100. The van der Waals surface area contributed by atoms with E-state index < -0.39 is 5.97 Å². The van der Waals surface area contributed by atoms with Gasteiger partial charge in [-0.2, -0.15) is 0 Å². The fourth-order valence-corrected chi connectivity index (χ4v) is 1.48. The third-order valence-corrected chi connectivity index (χ3v) is 2.25. The van der Waals surface area contributed by atoms with Gasteiger partial charge in [-0.3, -0.25) is 0 Å². The summed E-state index contributed by atoms with van der Waals surface area (Å²) in [4.78, 5) is 10.7. The molecule has 14 heavy (non-hydrogen) atoms. The van der Waals surface area contributed by atoms with Crippen LogP contribution in [0.2, 0.25) is 0 Å². The van der Waals surface area contributed by atoms with Crippen LogP contribution >= 0.6 is 11.6 Å². The molecule has 0 saturated carbocycles. The Morgan fingerprint density at radius 2 is 2.29 bits per heavy atom. The van der Waals surface area contributed by atoms with Crippen LogP contribution in [0.25, 0.3) is 6.08 Å². The zero-order chi connectivity index (χ0) is 10.1. The van der Waals surface area contributed by atoms with E-state index in [1.807, 2.05) is 0 Å². The number of hydrogen-bond acceptors (Lipinski definition) is 2. The lowest BCUT2D eigenvalue weighted by Gasteiger charge is -2.14. The minimum absolute atomic E-state index is 0.256. The Balaban J connectivity index is 2.49. The molecule has 0 bridgehead atoms. The molecule has 0 aromatic heterocycles. The highest BCUT2D eigenvalue weighted by Crippen LogP contribution is 2.24. The molecule has 1 aliphatic heterocycles. The lowest BCUT2D eigenvalue weighted by Crippen LogP contribution is -2.03. The van der Waals surface area contributed by atoms with E-state index in [4.69, 9.17) is 21.4 Å². The first-order valence-electron chi connectivity index (χ1n) is 4.03. The maximum Gasteiger partial charge on any atom is 0.335 e. The first-order chi connectivity index (χ1) is 6.66. The molecule has 0 spiro atoms. The van der Waals surface area contributed by atoms with E-state index in [1.54, 1.807) is 24.3 Å². The number of ether oxygens (including phenoxy) is 1. The highest BCUT2D eigenvalue weighted by Gasteiger charge is 2.12. The quantitative estimate of drug-likeness (QED) is 0.775. The number of rotatable bonds is 1. The van der Waals surface area contributed by atoms with Gasteiger partial charge in [0.25, 0.3) is 0 Å². The highest BCUT2D eigenvalue weighted by molar-refractivity contribution is 6.30. The van der Waals surface area contributed by atoms with Crippen LogP contribution in [0, 0.1) is 0 Å². The van der Waals surface area contributed by atoms with Gasteiger partial charge >= 0.3 is 5.97 Å². The van der Waals surface area contributed by atoms with Crippen LogP contribution in [-0.4, -0.2) is 11.1 Å². The van der Waals surface area contributed by atoms with Crippen LogP contribution in [0.1, 0.15) is 21.5 Å². The summed E-state index contributed by atoms with van der Waals surface area (Å²) >= 11 is 5.67. The van der Waals surface area contributed by atoms with E-state index in [-0.39, 0.29) is 5.56 Å². The molecule has 0 amide bonds. The van der Waals surface area contributed by atoms with Gasteiger partial charge in [0, 0.05) is 6.08 Å². The summed E-state index contributed by atoms with van der Waals surface area (Å²) in [6.45, 7) is 0.393. The second kappa shape index (κ2) is 3.35. The van der Waals surface area contributed by atoms with Crippen LogP contribution in [0.5, 0.6) is 0 Å². The molecule has 1 aromatic carbocycles. The van der Waals surface area contributed by atoms with Crippen LogP contribution in [0.3, 0.4) is 0 Å². The summed E-state index contributed by atoms with van der Waals surface area (Å²) in [7, 11) is 0. The molecule has 2 rings (SSSR count). The van der Waals surface area contributed by atoms with Crippen LogP contribution < -0.4 is 0 Å². The topological polar surface area (TPSA) is 46.5 Å². The number of aromatic carboxylic acids is 1. The number of carboxylic acids is 1. The molecule has 72 valence electrons. The van der Waals surface area contributed by atoms with Crippen molar-refractivity contribution in [3.8, 4) is 0 Å². The van der Waals surface area contributed by atoms with E-state index in [0.29, 0.717) is 11.8 Å². The zero-order valence-electron chi connectivity index (χ0n) is 7.16. The molecule has 0 atom stereocenters. The van der Waals surface area contributed by atoms with Gasteiger partial charge < -0.3 is 9.84 Å². The molecule has 1 N–H and O–H groups in total. The van der Waals surface area contributed by atoms with Crippen molar-refractivity contribution >= 4 is 23.6 Å². The number of halogens is 1. The predicted octanol–water partition coefficient (Wildman–Crippen LogP) is 2.45. The van der Waals surface area contributed by atoms with Crippen molar-refractivity contribution in [3.05, 3.63) is 40.1 Å². The monoisotopic (exact) mass is 210 g/mol. The van der Waals surface area contributed by atoms with Crippen molar-refractivity contribution < 1.29 is 14.6 Å². The van der Waals surface area contributed by atoms with Gasteiger partial charge in [0.2, 0.25) is 0 Å². The SMILES string of the molecule is O=C(O)c1ccc2c(c1)C=C(Cl)OC2. The van der Waals surface area contributed by atoms with Crippen molar-refractivity contribution in [1.29, 1.82) is 0 Å². The van der Waals surface area contributed by atoms with Gasteiger partial charge in [-0.05, 0) is 34.9 Å². The van der Waals surface area contributed by atoms with Gasteiger partial charge in [-0.15, -0.1) is 0 Å². The molecule has 1 aliphatic rings. The average molecular weight is 211 g/mol. The Morgan fingerprint density at radius 1 is 1.50 bits per heavy atom. The van der Waals surface area contributed by atoms with Gasteiger partial charge in [-0.1, -0.05) is 6.07 Å². The van der Waals surface area contributed by atoms with Crippen molar-refractivity contribution in [2.75, 3.05) is 0 Å². The summed E-state index contributed by atoms with van der Waals surface area (Å²) in [6.07, 6.45) is 1.62. The Labute approximate surface area is 85.6 Å². The van der Waals surface area contributed by atoms with E-state index >= 15 is 0 Å². The fourth-order valence-electron chi connectivity index (χ4n) is 1.30. The molecule has 0 unspecified atom stereocenters. The zero-order valence-corrected chi connectivity index (χ0v) is 7.91. The van der Waals surface area contributed by atoms with Crippen LogP contribution in [0.4, 0.5) is 0 Å². The van der Waals surface area contributed by atoms with Gasteiger partial charge in [0.05, 0.1) is 5.56 Å². The second-order valence-corrected chi connectivity index (χ2v) is 3.33. The standard InChI is InChI=1S/C10H7ClO3/c11-9-4-8-3-6(10(12)13)1-2-7(8)5-14-9/h1-4H,5H2,(H,12,13). The Kier molecular flexibility index (Phi) is 2.17. The van der Waals surface area contributed by atoms with Crippen molar-refractivity contribution in [2.24, 2.45) is 0 Å². The summed E-state index contributed by atoms with van der Waals surface area (Å²) in [6, 6.07) is 4.87. The number of fused-ring (bicyclic) bond motifs is 1. The minimum Gasteiger partial charge on any atom is -0.478 e. The number of hydrogen-bond donors (Lipinski definition) is 1. The van der Waals surface area contributed by atoms with E-state index in [1.165, 1.54) is 0 Å². The maximum absolute atomic E-state index is 10.7. The number of carboxylic acid groups (broad SMARTS) is 1. The van der Waals surface area contributed by atoms with Gasteiger partial charge in [0.15, 0.2) is 5.22 Å². The van der Waals surface area contributed by atoms with Crippen molar-refractivity contribution in [2.45, 2.75) is 6.61 Å². The largest absolute Gasteiger partial charge is 0.478 e. The summed E-state index contributed by atoms with van der Waals surface area (Å²) < 4.78 is 5.08. The molecule has 0 radical (unpaired) electrons. The number of benzene rings is 1. The average Bonchev–Trinajstić information content (AvgIpc) is 2.16. The Bertz CT molecular complexity index is 423. The molecule has 0 saturated heterocycles. The maximum atomic E-state index is 10.7. The Morgan fingerprint density at radius 3 is 3.00 bits per heavy atom. The first kappa shape index (κ1) is 9.09. The second-order valence-electron chi connectivity index (χ2n) is 2.96. The lowest BCUT2D eigenvalue weighted by molar-refractivity contribution is 0.0696. The summed E-state index contributed by atoms with van der Waals surface area (Å²) in [5.41, 5.74) is 2.01. The number of carbonyl (C=O) groups is 1. The van der Waals surface area contributed by atoms with Crippen LogP contribution in [0.15, 0.2) is 23.4 Å². The predicted molar refractivity (Wildman–Crippen MR) is 52.0 cm³/mol. The molecule has 1 heterocycles. The first-order valence-corrected chi connectivity index (χ1v) is 4.41. The normalized spacial score (nSPS) is 13.9. The molecule has 0 aliphatic carbocycles. The minimum atomic E-state index is -0.941. The summed E-state index contributed by atoms with van der Waals surface area (Å²) in [5.74, 6) is -0.941. The van der Waals surface area contributed by atoms with Gasteiger partial charge in [-0.25, -0.2) is 4.79 Å². The third-order valence-electron chi connectivity index (χ3n) is 2.03. The van der Waals surface area contributed by atoms with Crippen molar-refractivity contribution in [3.63, 3.8) is 0 Å². The highest BCUT2D eigenvalue weighted by atomic mass is 35.5. The van der Waals surface area contributed by atoms with Gasteiger partial charge in [0.1, 0.15) is 6.61 Å². The summed E-state index contributed by atoms with van der Waals surface area (Å²) in [5, 5.41) is 9.06. The smallest absolute Gasteiger partial charge is 0.335 e. The van der Waals surface area contributed by atoms with Crippen molar-refractivity contribution in [1.82, 2.24) is 0 Å².